The van der Waals surface area contributed by atoms with Gasteiger partial charge >= 0.3 is 18.1 Å². The lowest BCUT2D eigenvalue weighted by atomic mass is 10.1. The Hall–Kier alpha value is -4.44. The zero-order valence-corrected chi connectivity index (χ0v) is 20.3. The van der Waals surface area contributed by atoms with Gasteiger partial charge in [0.2, 0.25) is 0 Å². The number of aromatic nitrogens is 2. The Morgan fingerprint density at radius 3 is 2.51 bits per heavy atom. The number of pyridine rings is 1. The van der Waals surface area contributed by atoms with Gasteiger partial charge in [-0.3, -0.25) is 5.32 Å². The lowest BCUT2D eigenvalue weighted by Gasteiger charge is -2.16. The van der Waals surface area contributed by atoms with E-state index in [1.807, 2.05) is 30.3 Å². The van der Waals surface area contributed by atoms with Gasteiger partial charge in [0, 0.05) is 28.8 Å². The van der Waals surface area contributed by atoms with Gasteiger partial charge in [0.25, 0.3) is 0 Å². The molecule has 0 fully saturated rings. The Bertz CT molecular complexity index is 1380. The molecule has 0 bridgehead atoms. The molecule has 2 aromatic carbocycles. The quantitative estimate of drug-likeness (QED) is 0.245. The highest BCUT2D eigenvalue weighted by Gasteiger charge is 2.23. The zero-order valence-electron chi connectivity index (χ0n) is 19.5. The number of halogens is 2. The largest absolute Gasteiger partial charge is 0.480 e. The first-order valence-corrected chi connectivity index (χ1v) is 11.6. The van der Waals surface area contributed by atoms with Crippen LogP contribution in [0.2, 0.25) is 5.02 Å². The van der Waals surface area contributed by atoms with E-state index >= 15 is 0 Å². The fraction of sp³-hybridized carbons (Fsp3) is 0.154. The highest BCUT2D eigenvalue weighted by Crippen LogP contribution is 2.31. The summed E-state index contributed by atoms with van der Waals surface area (Å²) >= 11 is 6.14. The second-order valence-corrected chi connectivity index (χ2v) is 8.44. The van der Waals surface area contributed by atoms with Crippen LogP contribution in [0.25, 0.3) is 11.3 Å². The zero-order chi connectivity index (χ0) is 26.4. The normalized spacial score (nSPS) is 12.4. The first-order valence-electron chi connectivity index (χ1n) is 11.2. The average Bonchev–Trinajstić information content (AvgIpc) is 3.24. The predicted octanol–water partition coefficient (Wildman–Crippen LogP) is 5.95. The number of carboxylic acids is 1. The van der Waals surface area contributed by atoms with Crippen molar-refractivity contribution < 1.29 is 28.3 Å². The summed E-state index contributed by atoms with van der Waals surface area (Å²) in [7, 11) is 0. The van der Waals surface area contributed by atoms with E-state index in [2.05, 4.69) is 25.3 Å². The number of ether oxygens (including phenoxy) is 1. The van der Waals surface area contributed by atoms with Gasteiger partial charge in [-0.2, -0.15) is 4.39 Å². The first-order chi connectivity index (χ1) is 17.8. The van der Waals surface area contributed by atoms with Gasteiger partial charge in [0.05, 0.1) is 0 Å². The molecule has 2 aromatic heterocycles. The van der Waals surface area contributed by atoms with Crippen LogP contribution in [0.4, 0.5) is 20.7 Å². The maximum Gasteiger partial charge on any atom is 0.412 e. The number of nitrogens with zero attached hydrogens (tertiary/aromatic N) is 2. The molecule has 0 saturated heterocycles. The van der Waals surface area contributed by atoms with E-state index in [1.54, 1.807) is 31.2 Å². The van der Waals surface area contributed by atoms with Gasteiger partial charge in [0.1, 0.15) is 23.7 Å². The molecule has 0 saturated carbocycles. The van der Waals surface area contributed by atoms with Crippen molar-refractivity contribution in [3.05, 3.63) is 95.1 Å². The van der Waals surface area contributed by atoms with E-state index in [0.29, 0.717) is 22.0 Å². The van der Waals surface area contributed by atoms with Crippen LogP contribution in [0.15, 0.2) is 77.4 Å². The molecule has 0 aliphatic carbocycles. The molecule has 0 aliphatic rings. The molecule has 4 rings (SSSR count). The topological polar surface area (TPSA) is 127 Å². The van der Waals surface area contributed by atoms with E-state index in [-0.39, 0.29) is 17.8 Å². The summed E-state index contributed by atoms with van der Waals surface area (Å²) in [5.74, 6) is -0.747. The predicted molar refractivity (Wildman–Crippen MR) is 135 cm³/mol. The van der Waals surface area contributed by atoms with Crippen molar-refractivity contribution in [3.63, 3.8) is 0 Å². The summed E-state index contributed by atoms with van der Waals surface area (Å²) < 4.78 is 24.3. The standard InChI is InChI=1S/C26H22ClFN4O5/c1-15(18-9-5-6-10-19(18)27)36-26(35)31-23-22(32-37-24(23)28)17-11-12-21(29-14-17)30-20(25(33)34)13-16-7-3-2-4-8-16/h2-12,14-15,20H,13H2,1H3,(H,29,30)(H,31,35)(H,33,34). The highest BCUT2D eigenvalue weighted by atomic mass is 35.5. The van der Waals surface area contributed by atoms with Crippen molar-refractivity contribution in [1.82, 2.24) is 10.1 Å². The maximum absolute atomic E-state index is 14.3. The van der Waals surface area contributed by atoms with E-state index in [9.17, 15) is 19.1 Å². The minimum Gasteiger partial charge on any atom is -0.480 e. The Labute approximate surface area is 216 Å². The molecule has 2 heterocycles. The average molecular weight is 525 g/mol. The Balaban J connectivity index is 1.45. The van der Waals surface area contributed by atoms with Crippen molar-refractivity contribution in [1.29, 1.82) is 0 Å². The van der Waals surface area contributed by atoms with Crippen LogP contribution in [-0.4, -0.2) is 33.4 Å². The Kier molecular flexibility index (Phi) is 7.99. The number of nitrogens with one attached hydrogen (secondary N) is 2. The van der Waals surface area contributed by atoms with Crippen molar-refractivity contribution in [2.24, 2.45) is 0 Å². The second-order valence-electron chi connectivity index (χ2n) is 8.03. The van der Waals surface area contributed by atoms with Crippen molar-refractivity contribution in [3.8, 4) is 11.3 Å². The SMILES string of the molecule is CC(OC(=O)Nc1c(-c2ccc(NC(Cc3ccccc3)C(=O)O)nc2)noc1F)c1ccccc1Cl. The molecule has 190 valence electrons. The van der Waals surface area contributed by atoms with E-state index in [4.69, 9.17) is 16.3 Å². The third-order valence-electron chi connectivity index (χ3n) is 5.44. The molecule has 0 radical (unpaired) electrons. The van der Waals surface area contributed by atoms with E-state index in [1.165, 1.54) is 18.3 Å². The van der Waals surface area contributed by atoms with Gasteiger partial charge in [-0.15, -0.1) is 0 Å². The number of benzene rings is 2. The molecule has 0 aliphatic heterocycles. The van der Waals surface area contributed by atoms with Crippen LogP contribution in [0.5, 0.6) is 0 Å². The van der Waals surface area contributed by atoms with Crippen LogP contribution in [0.1, 0.15) is 24.2 Å². The third-order valence-corrected chi connectivity index (χ3v) is 5.79. The first kappa shape index (κ1) is 25.6. The molecule has 0 spiro atoms. The number of amides is 1. The number of carbonyl (C=O) groups is 2. The number of carboxylic acid groups (broad SMARTS) is 1. The van der Waals surface area contributed by atoms with Crippen LogP contribution < -0.4 is 10.6 Å². The summed E-state index contributed by atoms with van der Waals surface area (Å²) in [6.07, 6.45) is -0.0433. The molecular formula is C26H22ClFN4O5. The van der Waals surface area contributed by atoms with Crippen molar-refractivity contribution in [2.45, 2.75) is 25.5 Å². The Morgan fingerprint density at radius 2 is 1.84 bits per heavy atom. The van der Waals surface area contributed by atoms with Gasteiger partial charge in [-0.05, 0) is 30.7 Å². The monoisotopic (exact) mass is 524 g/mol. The Morgan fingerprint density at radius 1 is 1.11 bits per heavy atom. The fourth-order valence-electron chi connectivity index (χ4n) is 3.58. The summed E-state index contributed by atoms with van der Waals surface area (Å²) in [5, 5.41) is 18.9. The smallest absolute Gasteiger partial charge is 0.412 e. The number of aliphatic carboxylic acids is 1. The number of hydrogen-bond donors (Lipinski definition) is 3. The van der Waals surface area contributed by atoms with Crippen LogP contribution in [0, 0.1) is 6.01 Å². The van der Waals surface area contributed by atoms with Crippen LogP contribution >= 0.6 is 11.6 Å². The van der Waals surface area contributed by atoms with Gasteiger partial charge in [-0.25, -0.2) is 14.6 Å². The minimum atomic E-state index is -1.12. The summed E-state index contributed by atoms with van der Waals surface area (Å²) in [6.45, 7) is 1.63. The molecular weight excluding hydrogens is 503 g/mol. The van der Waals surface area contributed by atoms with E-state index < -0.39 is 30.2 Å². The molecule has 4 aromatic rings. The molecule has 2 atom stereocenters. The number of anilines is 2. The van der Waals surface area contributed by atoms with Gasteiger partial charge in [0.15, 0.2) is 5.69 Å². The second kappa shape index (κ2) is 11.5. The lowest BCUT2D eigenvalue weighted by molar-refractivity contribution is -0.137. The van der Waals surface area contributed by atoms with Crippen molar-refractivity contribution >= 4 is 35.2 Å². The molecule has 37 heavy (non-hydrogen) atoms. The van der Waals surface area contributed by atoms with E-state index in [0.717, 1.165) is 5.56 Å². The summed E-state index contributed by atoms with van der Waals surface area (Å²) in [5.41, 5.74) is 1.42. The maximum atomic E-state index is 14.3. The van der Waals surface area contributed by atoms with Crippen LogP contribution in [0.3, 0.4) is 0 Å². The third kappa shape index (κ3) is 6.42. The molecule has 3 N–H and O–H groups in total. The fourth-order valence-corrected chi connectivity index (χ4v) is 3.87. The van der Waals surface area contributed by atoms with Crippen molar-refractivity contribution in [2.75, 3.05) is 10.6 Å². The lowest BCUT2D eigenvalue weighted by Crippen LogP contribution is -2.31. The highest BCUT2D eigenvalue weighted by molar-refractivity contribution is 6.31. The van der Waals surface area contributed by atoms with Gasteiger partial charge in [-0.1, -0.05) is 65.3 Å². The summed E-state index contributed by atoms with van der Waals surface area (Å²) in [4.78, 5) is 28.4. The molecule has 9 nitrogen and oxygen atoms in total. The van der Waals surface area contributed by atoms with Crippen LogP contribution in [-0.2, 0) is 16.0 Å². The number of rotatable bonds is 9. The number of carbonyl (C=O) groups excluding carboxylic acids is 1. The summed E-state index contributed by atoms with van der Waals surface area (Å²) in [6, 6.07) is 17.1. The molecule has 2 unspecified atom stereocenters. The molecule has 11 heteroatoms. The number of hydrogen-bond acceptors (Lipinski definition) is 7. The molecule has 1 amide bonds. The minimum absolute atomic E-state index is 0.0158. The van der Waals surface area contributed by atoms with Gasteiger partial charge < -0.3 is 19.7 Å².